The Morgan fingerprint density at radius 2 is 1.81 bits per heavy atom. The molecule has 0 atom stereocenters. The number of amides is 1. The highest BCUT2D eigenvalue weighted by Gasteiger charge is 2.15. The molecule has 0 aromatic heterocycles. The number of halogens is 1. The van der Waals surface area contributed by atoms with Crippen molar-refractivity contribution in [1.29, 1.82) is 0 Å². The van der Waals surface area contributed by atoms with Gasteiger partial charge in [-0.2, -0.15) is 5.10 Å². The quantitative estimate of drug-likeness (QED) is 0.164. The van der Waals surface area contributed by atoms with E-state index in [1.54, 1.807) is 6.21 Å². The van der Waals surface area contributed by atoms with E-state index in [4.69, 9.17) is 9.47 Å². The molecular weight excluding hydrogens is 530 g/mol. The molecule has 1 aliphatic rings. The molecule has 3 aromatic rings. The van der Waals surface area contributed by atoms with Crippen LogP contribution in [0.5, 0.6) is 11.5 Å². The predicted molar refractivity (Wildman–Crippen MR) is 153 cm³/mol. The van der Waals surface area contributed by atoms with Gasteiger partial charge >= 0.3 is 0 Å². The number of hydrogen-bond acceptors (Lipinski definition) is 5. The number of ether oxygens (including phenoxy) is 2. The topological polar surface area (TPSA) is 63.2 Å². The molecular formula is C30H32BrN3O3. The van der Waals surface area contributed by atoms with Gasteiger partial charge in [-0.1, -0.05) is 34.1 Å². The van der Waals surface area contributed by atoms with Crippen molar-refractivity contribution in [1.82, 2.24) is 5.43 Å². The maximum absolute atomic E-state index is 12.6. The van der Waals surface area contributed by atoms with Gasteiger partial charge in [0.05, 0.1) is 12.8 Å². The number of nitrogens with zero attached hydrogens (tertiary/aromatic N) is 2. The van der Waals surface area contributed by atoms with E-state index in [2.05, 4.69) is 37.9 Å². The summed E-state index contributed by atoms with van der Waals surface area (Å²) in [4.78, 5) is 14.9. The third-order valence-corrected chi connectivity index (χ3v) is 6.62. The fourth-order valence-corrected chi connectivity index (χ4v) is 4.52. The van der Waals surface area contributed by atoms with Gasteiger partial charge in [0.1, 0.15) is 6.61 Å². The summed E-state index contributed by atoms with van der Waals surface area (Å²) >= 11 is 3.46. The van der Waals surface area contributed by atoms with Gasteiger partial charge in [0.25, 0.3) is 5.91 Å². The number of carbonyl (C=O) groups is 1. The average Bonchev–Trinajstić information content (AvgIpc) is 3.45. The second-order valence-corrected chi connectivity index (χ2v) is 9.70. The minimum atomic E-state index is -0.255. The van der Waals surface area contributed by atoms with E-state index in [0.717, 1.165) is 39.9 Å². The molecule has 1 heterocycles. The van der Waals surface area contributed by atoms with Crippen LogP contribution in [-0.2, 0) is 13.0 Å². The lowest BCUT2D eigenvalue weighted by atomic mass is 10.1. The molecule has 1 aliphatic heterocycles. The molecule has 0 radical (unpaired) electrons. The number of hydrazone groups is 1. The smallest absolute Gasteiger partial charge is 0.271 e. The largest absolute Gasteiger partial charge is 0.490 e. The maximum Gasteiger partial charge on any atom is 0.271 e. The maximum atomic E-state index is 12.6. The van der Waals surface area contributed by atoms with Crippen LogP contribution in [0.15, 0.2) is 82.9 Å². The summed E-state index contributed by atoms with van der Waals surface area (Å²) in [5.41, 5.74) is 7.12. The van der Waals surface area contributed by atoms with Crippen LogP contribution in [0.25, 0.3) is 0 Å². The molecule has 0 unspecified atom stereocenters. The van der Waals surface area contributed by atoms with E-state index in [1.165, 1.54) is 12.8 Å². The zero-order valence-electron chi connectivity index (χ0n) is 21.1. The highest BCUT2D eigenvalue weighted by atomic mass is 79.9. The second-order valence-electron chi connectivity index (χ2n) is 8.79. The molecule has 0 bridgehead atoms. The molecule has 4 rings (SSSR count). The van der Waals surface area contributed by atoms with Crippen molar-refractivity contribution in [3.63, 3.8) is 0 Å². The van der Waals surface area contributed by atoms with Crippen molar-refractivity contribution in [3.8, 4) is 11.5 Å². The van der Waals surface area contributed by atoms with Crippen LogP contribution < -0.4 is 19.8 Å². The summed E-state index contributed by atoms with van der Waals surface area (Å²) in [7, 11) is 0. The number of carbonyl (C=O) groups excluding carboxylic acids is 1. The molecule has 37 heavy (non-hydrogen) atoms. The lowest BCUT2D eigenvalue weighted by Gasteiger charge is -2.17. The van der Waals surface area contributed by atoms with E-state index in [0.29, 0.717) is 36.7 Å². The number of benzene rings is 3. The van der Waals surface area contributed by atoms with E-state index >= 15 is 0 Å². The van der Waals surface area contributed by atoms with Crippen molar-refractivity contribution < 1.29 is 14.3 Å². The first-order valence-electron chi connectivity index (χ1n) is 12.5. The Morgan fingerprint density at radius 3 is 2.49 bits per heavy atom. The Morgan fingerprint density at radius 1 is 1.08 bits per heavy atom. The first-order valence-corrected chi connectivity index (χ1v) is 13.3. The first kappa shape index (κ1) is 26.5. The van der Waals surface area contributed by atoms with Gasteiger partial charge in [0, 0.05) is 34.4 Å². The summed E-state index contributed by atoms with van der Waals surface area (Å²) in [6.45, 7) is 8.87. The number of nitrogens with one attached hydrogen (secondary N) is 1. The molecule has 0 aliphatic carbocycles. The molecule has 1 amide bonds. The Bertz CT molecular complexity index is 1230. The Kier molecular flexibility index (Phi) is 9.38. The van der Waals surface area contributed by atoms with Crippen molar-refractivity contribution >= 4 is 33.7 Å². The summed E-state index contributed by atoms with van der Waals surface area (Å²) in [5.74, 6) is 1.06. The lowest BCUT2D eigenvalue weighted by molar-refractivity contribution is 0.0955. The first-order chi connectivity index (χ1) is 18.1. The van der Waals surface area contributed by atoms with Gasteiger partial charge in [-0.05, 0) is 85.8 Å². The fraction of sp³-hybridized carbons (Fsp3) is 0.267. The zero-order chi connectivity index (χ0) is 26.0. The van der Waals surface area contributed by atoms with Crippen molar-refractivity contribution in [2.75, 3.05) is 24.6 Å². The average molecular weight is 563 g/mol. The Hall–Kier alpha value is -3.58. The summed E-state index contributed by atoms with van der Waals surface area (Å²) in [6.07, 6.45) is 6.48. The molecule has 192 valence electrons. The van der Waals surface area contributed by atoms with E-state index in [-0.39, 0.29) is 5.91 Å². The highest BCUT2D eigenvalue weighted by Crippen LogP contribution is 2.34. The molecule has 3 aromatic carbocycles. The van der Waals surface area contributed by atoms with E-state index in [1.807, 2.05) is 73.7 Å². The Labute approximate surface area is 227 Å². The van der Waals surface area contributed by atoms with Gasteiger partial charge in [-0.3, -0.25) is 4.79 Å². The van der Waals surface area contributed by atoms with Crippen LogP contribution in [0.1, 0.15) is 46.8 Å². The van der Waals surface area contributed by atoms with Crippen LogP contribution in [-0.4, -0.2) is 31.8 Å². The number of anilines is 1. The van der Waals surface area contributed by atoms with E-state index in [9.17, 15) is 4.79 Å². The van der Waals surface area contributed by atoms with Gasteiger partial charge in [-0.15, -0.1) is 6.58 Å². The van der Waals surface area contributed by atoms with Crippen LogP contribution in [0, 0.1) is 0 Å². The van der Waals surface area contributed by atoms with E-state index < -0.39 is 0 Å². The van der Waals surface area contributed by atoms with Crippen LogP contribution in [0.3, 0.4) is 0 Å². The Balaban J connectivity index is 1.46. The fourth-order valence-electron chi connectivity index (χ4n) is 4.26. The van der Waals surface area contributed by atoms with Crippen LogP contribution in [0.4, 0.5) is 5.69 Å². The lowest BCUT2D eigenvalue weighted by Crippen LogP contribution is -2.19. The van der Waals surface area contributed by atoms with Crippen LogP contribution in [0.2, 0.25) is 0 Å². The molecule has 7 heteroatoms. The third-order valence-electron chi connectivity index (χ3n) is 6.10. The van der Waals surface area contributed by atoms with Gasteiger partial charge in [-0.25, -0.2) is 5.43 Å². The molecule has 0 saturated carbocycles. The van der Waals surface area contributed by atoms with Crippen molar-refractivity contribution in [2.45, 2.75) is 32.8 Å². The predicted octanol–water partition coefficient (Wildman–Crippen LogP) is 6.52. The van der Waals surface area contributed by atoms with Gasteiger partial charge < -0.3 is 14.4 Å². The van der Waals surface area contributed by atoms with Crippen molar-refractivity contribution in [3.05, 3.63) is 100 Å². The molecule has 1 N–H and O–H groups in total. The van der Waals surface area contributed by atoms with Crippen molar-refractivity contribution in [2.24, 2.45) is 5.10 Å². The monoisotopic (exact) mass is 561 g/mol. The van der Waals surface area contributed by atoms with Crippen LogP contribution >= 0.6 is 15.9 Å². The number of hydrogen-bond donors (Lipinski definition) is 1. The SMILES string of the molecule is C=CCc1cc(/C=N\NC(=O)c2ccc(N3CCCC3)cc2)cc(OCC)c1OCc1ccc(Br)cc1. The van der Waals surface area contributed by atoms with Gasteiger partial charge in [0.15, 0.2) is 11.5 Å². The highest BCUT2D eigenvalue weighted by molar-refractivity contribution is 9.10. The zero-order valence-corrected chi connectivity index (χ0v) is 22.7. The summed E-state index contributed by atoms with van der Waals surface area (Å²) in [5, 5.41) is 4.19. The molecule has 6 nitrogen and oxygen atoms in total. The molecule has 0 spiro atoms. The summed E-state index contributed by atoms with van der Waals surface area (Å²) in [6, 6.07) is 19.5. The minimum Gasteiger partial charge on any atom is -0.490 e. The van der Waals surface area contributed by atoms with Gasteiger partial charge in [0.2, 0.25) is 0 Å². The minimum absolute atomic E-state index is 0.255. The molecule has 1 saturated heterocycles. The second kappa shape index (κ2) is 13.1. The summed E-state index contributed by atoms with van der Waals surface area (Å²) < 4.78 is 13.1. The molecule has 1 fully saturated rings. The number of allylic oxidation sites excluding steroid dienone is 1. The normalized spacial score (nSPS) is 13.1. The third kappa shape index (κ3) is 7.23. The number of rotatable bonds is 11. The standard InChI is InChI=1S/C30H32BrN3O3/c1-3-7-25-18-23(19-28(36-4-2)29(25)37-21-22-8-12-26(31)13-9-22)20-32-33-30(35)24-10-14-27(15-11-24)34-16-5-6-17-34/h3,8-15,18-20H,1,4-7,16-17,21H2,2H3,(H,33,35)/b32-20-.